The molecule has 0 unspecified atom stereocenters. The summed E-state index contributed by atoms with van der Waals surface area (Å²) in [6.45, 7) is 0. The van der Waals surface area contributed by atoms with Crippen LogP contribution >= 0.6 is 23.1 Å². The lowest BCUT2D eigenvalue weighted by atomic mass is 10.2. The molecule has 1 heterocycles. The van der Waals surface area contributed by atoms with Gasteiger partial charge in [0.15, 0.2) is 0 Å². The van der Waals surface area contributed by atoms with Gasteiger partial charge in [-0.05, 0) is 30.3 Å². The highest BCUT2D eigenvalue weighted by molar-refractivity contribution is 7.14. The summed E-state index contributed by atoms with van der Waals surface area (Å²) in [5.41, 5.74) is 6.94. The molecule has 0 aliphatic rings. The molecule has 0 saturated carbocycles. The first-order valence-corrected chi connectivity index (χ1v) is 6.48. The van der Waals surface area contributed by atoms with E-state index in [1.807, 2.05) is 24.3 Å². The zero-order valence-corrected chi connectivity index (χ0v) is 10.8. The monoisotopic (exact) mass is 276 g/mol. The molecule has 90 valence electrons. The van der Waals surface area contributed by atoms with Crippen LogP contribution in [0, 0.1) is 0 Å². The van der Waals surface area contributed by atoms with Crippen molar-refractivity contribution in [1.82, 2.24) is 3.96 Å². The highest BCUT2D eigenvalue weighted by Gasteiger charge is 2.09. The third kappa shape index (κ3) is 1.70. The predicted octanol–water partition coefficient (Wildman–Crippen LogP) is 3.29. The Morgan fingerprint density at radius 2 is 1.94 bits per heavy atom. The van der Waals surface area contributed by atoms with E-state index in [2.05, 4.69) is 0 Å². The molecule has 0 fully saturated rings. The lowest BCUT2D eigenvalue weighted by Gasteiger charge is -2.02. The van der Waals surface area contributed by atoms with Crippen molar-refractivity contribution in [2.75, 3.05) is 5.73 Å². The van der Waals surface area contributed by atoms with Gasteiger partial charge in [-0.3, -0.25) is 4.79 Å². The molecule has 0 radical (unpaired) electrons. The second-order valence-corrected chi connectivity index (χ2v) is 5.29. The summed E-state index contributed by atoms with van der Waals surface area (Å²) in [4.78, 5) is 12.2. The number of nitrogens with zero attached hydrogens (tertiary/aromatic N) is 1. The van der Waals surface area contributed by atoms with Crippen molar-refractivity contribution < 1.29 is 0 Å². The van der Waals surface area contributed by atoms with Crippen molar-refractivity contribution in [3.8, 4) is 5.69 Å². The van der Waals surface area contributed by atoms with Crippen molar-refractivity contribution in [3.63, 3.8) is 0 Å². The third-order valence-electron chi connectivity index (χ3n) is 2.71. The van der Waals surface area contributed by atoms with E-state index in [0.717, 1.165) is 15.8 Å². The van der Waals surface area contributed by atoms with Gasteiger partial charge in [-0.15, -0.1) is 0 Å². The summed E-state index contributed by atoms with van der Waals surface area (Å²) in [7, 11) is 0. The van der Waals surface area contributed by atoms with E-state index in [1.54, 1.807) is 22.2 Å². The van der Waals surface area contributed by atoms with Gasteiger partial charge in [-0.25, -0.2) is 3.96 Å². The Morgan fingerprint density at radius 1 is 1.17 bits per heavy atom. The minimum atomic E-state index is -0.0303. The van der Waals surface area contributed by atoms with Crippen LogP contribution in [0.5, 0.6) is 0 Å². The maximum atomic E-state index is 12.2. The number of halogens is 1. The standard InChI is InChI=1S/C13H9ClN2OS/c14-10-6-5-8(7-11(10)15)16-13(17)9-3-1-2-4-12(9)18-16/h1-7H,15H2. The lowest BCUT2D eigenvalue weighted by Crippen LogP contribution is -2.10. The molecule has 0 saturated heterocycles. The summed E-state index contributed by atoms with van der Waals surface area (Å²) in [5, 5.41) is 1.21. The molecular formula is C13H9ClN2OS. The Labute approximate surface area is 112 Å². The highest BCUT2D eigenvalue weighted by atomic mass is 35.5. The number of benzene rings is 2. The van der Waals surface area contributed by atoms with Gasteiger partial charge in [-0.1, -0.05) is 35.3 Å². The second kappa shape index (κ2) is 4.15. The van der Waals surface area contributed by atoms with Gasteiger partial charge in [-0.2, -0.15) is 0 Å². The van der Waals surface area contributed by atoms with E-state index in [9.17, 15) is 4.79 Å². The van der Waals surface area contributed by atoms with E-state index < -0.39 is 0 Å². The van der Waals surface area contributed by atoms with E-state index in [4.69, 9.17) is 17.3 Å². The first kappa shape index (κ1) is 11.3. The van der Waals surface area contributed by atoms with E-state index in [1.165, 1.54) is 11.5 Å². The summed E-state index contributed by atoms with van der Waals surface area (Å²) >= 11 is 7.27. The minimum Gasteiger partial charge on any atom is -0.397 e. The number of anilines is 1. The number of hydrogen-bond donors (Lipinski definition) is 1. The first-order valence-electron chi connectivity index (χ1n) is 5.33. The van der Waals surface area contributed by atoms with Crippen LogP contribution in [-0.4, -0.2) is 3.96 Å². The number of rotatable bonds is 1. The molecule has 2 aromatic carbocycles. The van der Waals surface area contributed by atoms with Crippen LogP contribution in [0.15, 0.2) is 47.3 Å². The molecule has 5 heteroatoms. The lowest BCUT2D eigenvalue weighted by molar-refractivity contribution is 1.15. The van der Waals surface area contributed by atoms with Crippen LogP contribution in [0.2, 0.25) is 5.02 Å². The van der Waals surface area contributed by atoms with Crippen molar-refractivity contribution >= 4 is 38.9 Å². The number of aromatic nitrogens is 1. The Bertz CT molecular complexity index is 791. The first-order chi connectivity index (χ1) is 8.66. The Kier molecular flexibility index (Phi) is 2.61. The molecule has 2 N–H and O–H groups in total. The molecular weight excluding hydrogens is 268 g/mol. The quantitative estimate of drug-likeness (QED) is 0.693. The second-order valence-electron chi connectivity index (χ2n) is 3.89. The highest BCUT2D eigenvalue weighted by Crippen LogP contribution is 2.24. The predicted molar refractivity (Wildman–Crippen MR) is 76.8 cm³/mol. The fraction of sp³-hybridized carbons (Fsp3) is 0. The summed E-state index contributed by atoms with van der Waals surface area (Å²) in [5.74, 6) is 0. The topological polar surface area (TPSA) is 48.0 Å². The Balaban J connectivity index is 2.28. The number of fused-ring (bicyclic) bond motifs is 1. The van der Waals surface area contributed by atoms with E-state index in [0.29, 0.717) is 10.7 Å². The molecule has 18 heavy (non-hydrogen) atoms. The van der Waals surface area contributed by atoms with Crippen LogP contribution in [0.4, 0.5) is 5.69 Å². The van der Waals surface area contributed by atoms with Gasteiger partial charge >= 0.3 is 0 Å². The average Bonchev–Trinajstić information content (AvgIpc) is 2.71. The smallest absolute Gasteiger partial charge is 0.273 e. The molecule has 0 aliphatic carbocycles. The summed E-state index contributed by atoms with van der Waals surface area (Å²) in [6, 6.07) is 12.7. The van der Waals surface area contributed by atoms with Crippen LogP contribution in [-0.2, 0) is 0 Å². The van der Waals surface area contributed by atoms with Crippen LogP contribution < -0.4 is 11.3 Å². The molecule has 3 aromatic rings. The van der Waals surface area contributed by atoms with Crippen molar-refractivity contribution in [2.45, 2.75) is 0 Å². The maximum Gasteiger partial charge on any atom is 0.273 e. The molecule has 1 aromatic heterocycles. The maximum absolute atomic E-state index is 12.2. The van der Waals surface area contributed by atoms with E-state index >= 15 is 0 Å². The van der Waals surface area contributed by atoms with Gasteiger partial charge in [0, 0.05) is 0 Å². The van der Waals surface area contributed by atoms with Gasteiger partial charge in [0.05, 0.1) is 26.5 Å². The average molecular weight is 277 g/mol. The SMILES string of the molecule is Nc1cc(-n2sc3ccccc3c2=O)ccc1Cl. The largest absolute Gasteiger partial charge is 0.397 e. The van der Waals surface area contributed by atoms with Crippen LogP contribution in [0.3, 0.4) is 0 Å². The minimum absolute atomic E-state index is 0.0303. The fourth-order valence-electron chi connectivity index (χ4n) is 1.80. The van der Waals surface area contributed by atoms with Gasteiger partial charge in [0.1, 0.15) is 0 Å². The third-order valence-corrected chi connectivity index (χ3v) is 4.16. The van der Waals surface area contributed by atoms with Crippen LogP contribution in [0.25, 0.3) is 15.8 Å². The van der Waals surface area contributed by atoms with Crippen LogP contribution in [0.1, 0.15) is 0 Å². The zero-order chi connectivity index (χ0) is 12.7. The molecule has 0 aliphatic heterocycles. The van der Waals surface area contributed by atoms with Gasteiger partial charge < -0.3 is 5.73 Å². The van der Waals surface area contributed by atoms with Gasteiger partial charge in [0.25, 0.3) is 5.56 Å². The molecule has 3 rings (SSSR count). The van der Waals surface area contributed by atoms with Gasteiger partial charge in [0.2, 0.25) is 0 Å². The zero-order valence-electron chi connectivity index (χ0n) is 9.26. The molecule has 0 bridgehead atoms. The number of nitrogens with two attached hydrogens (primary N) is 1. The number of nitrogen functional groups attached to an aromatic ring is 1. The van der Waals surface area contributed by atoms with Crippen molar-refractivity contribution in [1.29, 1.82) is 0 Å². The molecule has 3 nitrogen and oxygen atoms in total. The van der Waals surface area contributed by atoms with Crippen molar-refractivity contribution in [3.05, 3.63) is 57.8 Å². The Hall–Kier alpha value is -1.78. The van der Waals surface area contributed by atoms with E-state index in [-0.39, 0.29) is 5.56 Å². The molecule has 0 amide bonds. The molecule has 0 spiro atoms. The van der Waals surface area contributed by atoms with Crippen molar-refractivity contribution in [2.24, 2.45) is 0 Å². The Morgan fingerprint density at radius 3 is 2.67 bits per heavy atom. The molecule has 0 atom stereocenters. The number of hydrogen-bond acceptors (Lipinski definition) is 3. The summed E-state index contributed by atoms with van der Waals surface area (Å²) in [6.07, 6.45) is 0. The normalized spacial score (nSPS) is 10.9. The summed E-state index contributed by atoms with van der Waals surface area (Å²) < 4.78 is 2.58. The fourth-order valence-corrected chi connectivity index (χ4v) is 2.91.